The lowest BCUT2D eigenvalue weighted by Crippen LogP contribution is -2.29. The molecule has 1 aliphatic rings. The van der Waals surface area contributed by atoms with Gasteiger partial charge >= 0.3 is 0 Å². The molecule has 25 heavy (non-hydrogen) atoms. The van der Waals surface area contributed by atoms with Crippen LogP contribution < -0.4 is 0 Å². The Labute approximate surface area is 154 Å². The maximum absolute atomic E-state index is 12.6. The Balaban J connectivity index is 2.19. The molecular weight excluding hydrogens is 382 g/mol. The minimum atomic E-state index is -0.684. The molecular formula is C20H16BrNO3. The zero-order chi connectivity index (χ0) is 18.0. The van der Waals surface area contributed by atoms with Crippen LogP contribution in [0.25, 0.3) is 5.76 Å². The van der Waals surface area contributed by atoms with Crippen molar-refractivity contribution in [2.24, 2.45) is 0 Å². The summed E-state index contributed by atoms with van der Waals surface area (Å²) >= 11 is 3.38. The molecule has 4 nitrogen and oxygen atoms in total. The highest BCUT2D eigenvalue weighted by Gasteiger charge is 2.45. The van der Waals surface area contributed by atoms with Gasteiger partial charge in [0, 0.05) is 16.6 Å². The van der Waals surface area contributed by atoms with Crippen LogP contribution >= 0.6 is 15.9 Å². The Morgan fingerprint density at radius 3 is 2.36 bits per heavy atom. The Hall–Kier alpha value is -2.66. The average molecular weight is 398 g/mol. The maximum Gasteiger partial charge on any atom is 0.295 e. The van der Waals surface area contributed by atoms with E-state index in [-0.39, 0.29) is 17.9 Å². The molecule has 126 valence electrons. The predicted molar refractivity (Wildman–Crippen MR) is 99.8 cm³/mol. The minimum Gasteiger partial charge on any atom is -0.507 e. The van der Waals surface area contributed by atoms with E-state index >= 15 is 0 Å². The number of amides is 1. The topological polar surface area (TPSA) is 57.6 Å². The lowest BCUT2D eigenvalue weighted by molar-refractivity contribution is -0.139. The molecule has 1 heterocycles. The molecule has 1 unspecified atom stereocenters. The molecule has 1 amide bonds. The van der Waals surface area contributed by atoms with Gasteiger partial charge in [-0.15, -0.1) is 6.58 Å². The highest BCUT2D eigenvalue weighted by atomic mass is 79.9. The van der Waals surface area contributed by atoms with Crippen molar-refractivity contribution in [2.75, 3.05) is 6.54 Å². The van der Waals surface area contributed by atoms with Crippen LogP contribution in [0.1, 0.15) is 17.2 Å². The first-order valence-corrected chi connectivity index (χ1v) is 8.54. The zero-order valence-electron chi connectivity index (χ0n) is 13.4. The Morgan fingerprint density at radius 1 is 1.12 bits per heavy atom. The fourth-order valence-electron chi connectivity index (χ4n) is 2.95. The first kappa shape index (κ1) is 17.2. The van der Waals surface area contributed by atoms with Crippen molar-refractivity contribution in [3.05, 3.63) is 88.4 Å². The molecule has 0 saturated carbocycles. The van der Waals surface area contributed by atoms with Crippen LogP contribution in [0.4, 0.5) is 0 Å². The monoisotopic (exact) mass is 397 g/mol. The highest BCUT2D eigenvalue weighted by molar-refractivity contribution is 9.10. The molecule has 0 radical (unpaired) electrons. The molecule has 1 aliphatic heterocycles. The summed E-state index contributed by atoms with van der Waals surface area (Å²) in [6.45, 7) is 3.88. The molecule has 2 aromatic rings. The number of hydrogen-bond acceptors (Lipinski definition) is 3. The molecule has 1 atom stereocenters. The largest absolute Gasteiger partial charge is 0.507 e. The van der Waals surface area contributed by atoms with Crippen molar-refractivity contribution in [3.8, 4) is 0 Å². The Morgan fingerprint density at radius 2 is 1.76 bits per heavy atom. The number of aliphatic hydroxyl groups excluding tert-OH is 1. The van der Waals surface area contributed by atoms with Gasteiger partial charge in [-0.1, -0.05) is 64.5 Å². The van der Waals surface area contributed by atoms with Gasteiger partial charge in [-0.3, -0.25) is 9.59 Å². The van der Waals surface area contributed by atoms with Crippen molar-refractivity contribution in [1.29, 1.82) is 0 Å². The molecule has 0 aromatic heterocycles. The average Bonchev–Trinajstić information content (AvgIpc) is 2.88. The highest BCUT2D eigenvalue weighted by Crippen LogP contribution is 2.39. The van der Waals surface area contributed by atoms with E-state index in [2.05, 4.69) is 22.5 Å². The summed E-state index contributed by atoms with van der Waals surface area (Å²) in [5.41, 5.74) is 1.35. The van der Waals surface area contributed by atoms with Crippen molar-refractivity contribution < 1.29 is 14.7 Å². The number of nitrogens with zero attached hydrogens (tertiary/aromatic N) is 1. The molecule has 5 heteroatoms. The van der Waals surface area contributed by atoms with E-state index in [1.165, 1.54) is 4.90 Å². The molecule has 0 spiro atoms. The molecule has 0 aliphatic carbocycles. The lowest BCUT2D eigenvalue weighted by atomic mass is 9.95. The second-order valence-corrected chi connectivity index (χ2v) is 6.57. The van der Waals surface area contributed by atoms with Gasteiger partial charge in [0.2, 0.25) is 0 Å². The third-order valence-corrected chi connectivity index (χ3v) is 4.63. The van der Waals surface area contributed by atoms with E-state index in [1.54, 1.807) is 30.3 Å². The van der Waals surface area contributed by atoms with Gasteiger partial charge in [-0.25, -0.2) is 0 Å². The zero-order valence-corrected chi connectivity index (χ0v) is 14.9. The number of benzene rings is 2. The van der Waals surface area contributed by atoms with Crippen LogP contribution in [0.3, 0.4) is 0 Å². The summed E-state index contributed by atoms with van der Waals surface area (Å²) in [4.78, 5) is 26.5. The van der Waals surface area contributed by atoms with Crippen LogP contribution in [0.5, 0.6) is 0 Å². The molecule has 1 N–H and O–H groups in total. The number of carbonyl (C=O) groups excluding carboxylic acids is 2. The van der Waals surface area contributed by atoms with E-state index in [1.807, 2.05) is 30.3 Å². The summed E-state index contributed by atoms with van der Waals surface area (Å²) in [5.74, 6) is -1.49. The van der Waals surface area contributed by atoms with Crippen molar-refractivity contribution in [1.82, 2.24) is 4.90 Å². The number of ketones is 1. The molecule has 0 bridgehead atoms. The summed E-state index contributed by atoms with van der Waals surface area (Å²) in [5, 5.41) is 10.7. The number of rotatable bonds is 4. The van der Waals surface area contributed by atoms with Crippen LogP contribution in [-0.4, -0.2) is 28.2 Å². The van der Waals surface area contributed by atoms with Crippen LogP contribution in [-0.2, 0) is 9.59 Å². The molecule has 2 aromatic carbocycles. The first-order chi connectivity index (χ1) is 12.0. The standard InChI is InChI=1S/C20H16BrNO3/c1-2-12-22-17(13-8-10-15(21)11-9-13)16(19(24)20(22)25)18(23)14-6-4-3-5-7-14/h2-11,17,23H,1,12H2/b18-16-. The molecule has 3 rings (SSSR count). The fourth-order valence-corrected chi connectivity index (χ4v) is 3.21. The SMILES string of the molecule is C=CCN1C(=O)C(=O)/C(=C(\O)c2ccccc2)C1c1ccc(Br)cc1. The van der Waals surface area contributed by atoms with E-state index in [4.69, 9.17) is 0 Å². The number of aliphatic hydroxyl groups is 1. The number of likely N-dealkylation sites (tertiary alicyclic amines) is 1. The van der Waals surface area contributed by atoms with E-state index in [0.29, 0.717) is 5.56 Å². The number of Topliss-reactive ketones (excluding diaryl/α,β-unsaturated/α-hetero) is 1. The normalized spacial score (nSPS) is 19.2. The third-order valence-electron chi connectivity index (χ3n) is 4.10. The number of hydrogen-bond donors (Lipinski definition) is 1. The molecule has 1 saturated heterocycles. The number of carbonyl (C=O) groups is 2. The van der Waals surface area contributed by atoms with Gasteiger partial charge in [-0.2, -0.15) is 0 Å². The van der Waals surface area contributed by atoms with E-state index in [9.17, 15) is 14.7 Å². The second kappa shape index (κ2) is 7.07. The van der Waals surface area contributed by atoms with Gasteiger partial charge in [0.25, 0.3) is 11.7 Å². The van der Waals surface area contributed by atoms with Crippen LogP contribution in [0.2, 0.25) is 0 Å². The van der Waals surface area contributed by atoms with E-state index in [0.717, 1.165) is 10.0 Å². The molecule has 1 fully saturated rings. The van der Waals surface area contributed by atoms with Gasteiger partial charge in [0.15, 0.2) is 0 Å². The van der Waals surface area contributed by atoms with Gasteiger partial charge in [-0.05, 0) is 17.7 Å². The van der Waals surface area contributed by atoms with Gasteiger partial charge in [0.1, 0.15) is 5.76 Å². The summed E-state index contributed by atoms with van der Waals surface area (Å²) in [6, 6.07) is 15.4. The van der Waals surface area contributed by atoms with Crippen molar-refractivity contribution in [3.63, 3.8) is 0 Å². The quantitative estimate of drug-likeness (QED) is 0.366. The minimum absolute atomic E-state index is 0.0976. The van der Waals surface area contributed by atoms with Crippen LogP contribution in [0, 0.1) is 0 Å². The predicted octanol–water partition coefficient (Wildman–Crippen LogP) is 4.06. The van der Waals surface area contributed by atoms with Gasteiger partial charge in [0.05, 0.1) is 11.6 Å². The maximum atomic E-state index is 12.6. The smallest absolute Gasteiger partial charge is 0.295 e. The summed E-state index contributed by atoms with van der Waals surface area (Å²) < 4.78 is 0.889. The fraction of sp³-hybridized carbons (Fsp3) is 0.100. The van der Waals surface area contributed by atoms with Crippen LogP contribution in [0.15, 0.2) is 77.3 Å². The first-order valence-electron chi connectivity index (χ1n) is 7.74. The summed E-state index contributed by atoms with van der Waals surface area (Å²) in [7, 11) is 0. The van der Waals surface area contributed by atoms with Crippen molar-refractivity contribution in [2.45, 2.75) is 6.04 Å². The van der Waals surface area contributed by atoms with Gasteiger partial charge < -0.3 is 10.0 Å². The lowest BCUT2D eigenvalue weighted by Gasteiger charge is -2.24. The van der Waals surface area contributed by atoms with Crippen molar-refractivity contribution >= 4 is 33.4 Å². The third kappa shape index (κ3) is 3.15. The number of halogens is 1. The Kier molecular flexibility index (Phi) is 4.86. The summed E-state index contributed by atoms with van der Waals surface area (Å²) in [6.07, 6.45) is 1.57. The van der Waals surface area contributed by atoms with E-state index < -0.39 is 17.7 Å². The second-order valence-electron chi connectivity index (χ2n) is 5.66. The Bertz CT molecular complexity index is 856.